The van der Waals surface area contributed by atoms with E-state index in [1.165, 1.54) is 24.3 Å². The Labute approximate surface area is 95.5 Å². The Balaban J connectivity index is 2.33. The second-order valence-electron chi connectivity index (χ2n) is 3.57. The third kappa shape index (κ3) is 4.67. The first-order chi connectivity index (χ1) is 7.24. The molecule has 0 aromatic heterocycles. The number of thioether (sulfide) groups is 1. The highest BCUT2D eigenvalue weighted by Gasteiger charge is 2.03. The maximum Gasteiger partial charge on any atom is 0.123 e. The predicted octanol–water partition coefficient (Wildman–Crippen LogP) is 3.23. The Bertz CT molecular complexity index is 273. The second kappa shape index (κ2) is 6.85. The quantitative estimate of drug-likeness (QED) is 0.749. The number of nitrogens with one attached hydrogen (secondary N) is 1. The summed E-state index contributed by atoms with van der Waals surface area (Å²) in [5.74, 6) is 1.01. The molecule has 15 heavy (non-hydrogen) atoms. The van der Waals surface area contributed by atoms with Crippen molar-refractivity contribution in [3.05, 3.63) is 35.6 Å². The van der Waals surface area contributed by atoms with Crippen LogP contribution in [0.25, 0.3) is 0 Å². The third-order valence-corrected chi connectivity index (χ3v) is 3.04. The molecule has 0 saturated heterocycles. The van der Waals surface area contributed by atoms with Crippen LogP contribution in [-0.4, -0.2) is 18.6 Å². The van der Waals surface area contributed by atoms with E-state index in [1.54, 1.807) is 0 Å². The molecule has 0 bridgehead atoms. The zero-order chi connectivity index (χ0) is 11.1. The van der Waals surface area contributed by atoms with Gasteiger partial charge in [-0.2, -0.15) is 11.8 Å². The second-order valence-corrected chi connectivity index (χ2v) is 4.56. The zero-order valence-electron chi connectivity index (χ0n) is 9.29. The summed E-state index contributed by atoms with van der Waals surface area (Å²) in [5, 5.41) is 3.42. The molecule has 0 aliphatic carbocycles. The van der Waals surface area contributed by atoms with E-state index < -0.39 is 0 Å². The Morgan fingerprint density at radius 1 is 1.33 bits per heavy atom. The summed E-state index contributed by atoms with van der Waals surface area (Å²) in [6, 6.07) is 6.99. The molecular formula is C12H18FNS. The molecule has 0 radical (unpaired) electrons. The van der Waals surface area contributed by atoms with Crippen LogP contribution < -0.4 is 5.32 Å². The fourth-order valence-corrected chi connectivity index (χ4v) is 1.84. The molecule has 0 fully saturated rings. The summed E-state index contributed by atoms with van der Waals surface area (Å²) in [4.78, 5) is 0. The summed E-state index contributed by atoms with van der Waals surface area (Å²) < 4.78 is 12.7. The summed E-state index contributed by atoms with van der Waals surface area (Å²) in [7, 11) is 0. The van der Waals surface area contributed by atoms with Crippen LogP contribution in [0.5, 0.6) is 0 Å². The van der Waals surface area contributed by atoms with Gasteiger partial charge >= 0.3 is 0 Å². The highest BCUT2D eigenvalue weighted by atomic mass is 32.2. The average Bonchev–Trinajstić information content (AvgIpc) is 2.25. The summed E-state index contributed by atoms with van der Waals surface area (Å²) in [6.07, 6.45) is 3.29. The number of benzene rings is 1. The lowest BCUT2D eigenvalue weighted by atomic mass is 10.1. The normalized spacial score (nSPS) is 12.7. The standard InChI is InChI=1S/C12H18FNS/c1-10(14-8-3-9-15-2)11-4-6-12(13)7-5-11/h4-7,10,14H,3,8-9H2,1-2H3. The van der Waals surface area contributed by atoms with Gasteiger partial charge in [-0.1, -0.05) is 12.1 Å². The summed E-state index contributed by atoms with van der Waals surface area (Å²) in [5.41, 5.74) is 1.14. The summed E-state index contributed by atoms with van der Waals surface area (Å²) >= 11 is 1.86. The van der Waals surface area contributed by atoms with Crippen LogP contribution in [0.3, 0.4) is 0 Å². The third-order valence-electron chi connectivity index (χ3n) is 2.35. The molecule has 0 heterocycles. The fraction of sp³-hybridized carbons (Fsp3) is 0.500. The van der Waals surface area contributed by atoms with Gasteiger partial charge in [-0.25, -0.2) is 4.39 Å². The van der Waals surface area contributed by atoms with Crippen molar-refractivity contribution in [2.45, 2.75) is 19.4 Å². The SMILES string of the molecule is CSCCCNC(C)c1ccc(F)cc1. The summed E-state index contributed by atoms with van der Waals surface area (Å²) in [6.45, 7) is 3.12. The maximum atomic E-state index is 12.7. The molecule has 0 saturated carbocycles. The Morgan fingerprint density at radius 3 is 2.60 bits per heavy atom. The van der Waals surface area contributed by atoms with Gasteiger partial charge in [0.1, 0.15) is 5.82 Å². The van der Waals surface area contributed by atoms with Crippen LogP contribution in [0, 0.1) is 5.82 Å². The van der Waals surface area contributed by atoms with Crippen molar-refractivity contribution in [2.75, 3.05) is 18.6 Å². The Hall–Kier alpha value is -0.540. The van der Waals surface area contributed by atoms with Crippen molar-refractivity contribution in [3.63, 3.8) is 0 Å². The molecule has 1 rings (SSSR count). The Morgan fingerprint density at radius 2 is 2.00 bits per heavy atom. The van der Waals surface area contributed by atoms with E-state index in [2.05, 4.69) is 18.5 Å². The lowest BCUT2D eigenvalue weighted by molar-refractivity contribution is 0.569. The molecule has 1 aromatic carbocycles. The van der Waals surface area contributed by atoms with Crippen molar-refractivity contribution < 1.29 is 4.39 Å². The Kier molecular flexibility index (Phi) is 5.73. The van der Waals surface area contributed by atoms with Crippen molar-refractivity contribution in [1.29, 1.82) is 0 Å². The van der Waals surface area contributed by atoms with Gasteiger partial charge < -0.3 is 5.32 Å². The van der Waals surface area contributed by atoms with E-state index >= 15 is 0 Å². The van der Waals surface area contributed by atoms with Gasteiger partial charge in [0, 0.05) is 6.04 Å². The molecule has 1 atom stereocenters. The molecular weight excluding hydrogens is 209 g/mol. The van der Waals surface area contributed by atoms with Crippen molar-refractivity contribution in [2.24, 2.45) is 0 Å². The van der Waals surface area contributed by atoms with Gasteiger partial charge in [-0.3, -0.25) is 0 Å². The zero-order valence-corrected chi connectivity index (χ0v) is 10.1. The first-order valence-electron chi connectivity index (χ1n) is 5.22. The van der Waals surface area contributed by atoms with E-state index in [1.807, 2.05) is 23.9 Å². The molecule has 1 nitrogen and oxygen atoms in total. The van der Waals surface area contributed by atoms with Gasteiger partial charge in [0.2, 0.25) is 0 Å². The van der Waals surface area contributed by atoms with Gasteiger partial charge in [0.05, 0.1) is 0 Å². The van der Waals surface area contributed by atoms with Crippen LogP contribution in [0.4, 0.5) is 4.39 Å². The van der Waals surface area contributed by atoms with Crippen molar-refractivity contribution in [1.82, 2.24) is 5.32 Å². The van der Waals surface area contributed by atoms with E-state index in [0.29, 0.717) is 6.04 Å². The van der Waals surface area contributed by atoms with Crippen molar-refractivity contribution in [3.8, 4) is 0 Å². The molecule has 0 amide bonds. The minimum absolute atomic E-state index is 0.173. The molecule has 3 heteroatoms. The monoisotopic (exact) mass is 227 g/mol. The number of rotatable bonds is 6. The van der Waals surface area contributed by atoms with Crippen molar-refractivity contribution >= 4 is 11.8 Å². The molecule has 0 aliphatic rings. The topological polar surface area (TPSA) is 12.0 Å². The van der Waals surface area contributed by atoms with E-state index in [9.17, 15) is 4.39 Å². The first-order valence-corrected chi connectivity index (χ1v) is 6.61. The van der Waals surface area contributed by atoms with E-state index in [-0.39, 0.29) is 5.82 Å². The smallest absolute Gasteiger partial charge is 0.123 e. The predicted molar refractivity (Wildman–Crippen MR) is 65.8 cm³/mol. The molecule has 1 unspecified atom stereocenters. The molecule has 0 aliphatic heterocycles. The highest BCUT2D eigenvalue weighted by Crippen LogP contribution is 2.12. The van der Waals surface area contributed by atoms with E-state index in [0.717, 1.165) is 12.1 Å². The van der Waals surface area contributed by atoms with Crippen LogP contribution in [0.1, 0.15) is 24.9 Å². The van der Waals surface area contributed by atoms with Crippen LogP contribution >= 0.6 is 11.8 Å². The number of halogens is 1. The average molecular weight is 227 g/mol. The van der Waals surface area contributed by atoms with Crippen LogP contribution in [0.2, 0.25) is 0 Å². The molecule has 1 N–H and O–H groups in total. The number of hydrogen-bond donors (Lipinski definition) is 1. The maximum absolute atomic E-state index is 12.7. The highest BCUT2D eigenvalue weighted by molar-refractivity contribution is 7.98. The van der Waals surface area contributed by atoms with Gasteiger partial charge in [-0.05, 0) is 49.6 Å². The minimum atomic E-state index is -0.173. The lowest BCUT2D eigenvalue weighted by Gasteiger charge is -2.13. The van der Waals surface area contributed by atoms with Crippen LogP contribution in [0.15, 0.2) is 24.3 Å². The van der Waals surface area contributed by atoms with Gasteiger partial charge in [0.25, 0.3) is 0 Å². The van der Waals surface area contributed by atoms with Gasteiger partial charge in [0.15, 0.2) is 0 Å². The largest absolute Gasteiger partial charge is 0.310 e. The molecule has 84 valence electrons. The first kappa shape index (κ1) is 12.5. The van der Waals surface area contributed by atoms with Crippen LogP contribution in [-0.2, 0) is 0 Å². The van der Waals surface area contributed by atoms with Gasteiger partial charge in [-0.15, -0.1) is 0 Å². The lowest BCUT2D eigenvalue weighted by Crippen LogP contribution is -2.20. The molecule has 1 aromatic rings. The fourth-order valence-electron chi connectivity index (χ4n) is 1.40. The van der Waals surface area contributed by atoms with E-state index in [4.69, 9.17) is 0 Å². The minimum Gasteiger partial charge on any atom is -0.310 e. The number of hydrogen-bond acceptors (Lipinski definition) is 2. The molecule has 0 spiro atoms.